The van der Waals surface area contributed by atoms with Crippen molar-refractivity contribution in [3.05, 3.63) is 43.0 Å². The van der Waals surface area contributed by atoms with Gasteiger partial charge in [0.1, 0.15) is 0 Å². The molecule has 15 heavy (non-hydrogen) atoms. The largest absolute Gasteiger partial charge is 0.666 e. The number of hydrogen-bond donors (Lipinski definition) is 0. The minimum Gasteiger partial charge on any atom is -0.666 e. The first-order chi connectivity index (χ1) is 6.20. The third-order valence-electron chi connectivity index (χ3n) is 2.56. The third kappa shape index (κ3) is 2.58. The Labute approximate surface area is 116 Å². The first-order valence-corrected chi connectivity index (χ1v) is 4.26. The molecule has 1 aliphatic heterocycles. The summed E-state index contributed by atoms with van der Waals surface area (Å²) in [5, 5.41) is 0. The van der Waals surface area contributed by atoms with Gasteiger partial charge in [0.15, 0.2) is 0 Å². The van der Waals surface area contributed by atoms with Crippen molar-refractivity contribution >= 4 is 11.6 Å². The topological polar surface area (TPSA) is 44.1 Å². The molecule has 1 heterocycles. The van der Waals surface area contributed by atoms with Gasteiger partial charge < -0.3 is 22.9 Å². The van der Waals surface area contributed by atoms with E-state index in [0.29, 0.717) is 6.42 Å². The number of hydrogen-bond acceptors (Lipinski definition) is 2. The van der Waals surface area contributed by atoms with Gasteiger partial charge in [-0.1, -0.05) is 18.2 Å². The molecule has 1 atom stereocenters. The number of nitrogens with one attached hydrogen (secondary N) is 1. The maximum atomic E-state index is 10.9. The number of carbonyl (C=O) groups excluding carboxylic acids is 1. The summed E-state index contributed by atoms with van der Waals surface area (Å²) in [6.45, 7) is 0. The average Bonchev–Trinajstić information content (AvgIpc) is 2.45. The van der Waals surface area contributed by atoms with Crippen LogP contribution >= 0.6 is 0 Å². The van der Waals surface area contributed by atoms with Crippen molar-refractivity contribution in [3.63, 3.8) is 0 Å². The summed E-state index contributed by atoms with van der Waals surface area (Å²) in [7, 11) is 1.86. The summed E-state index contributed by atoms with van der Waals surface area (Å²) in [5.74, 6) is -0.501. The summed E-state index contributed by atoms with van der Waals surface area (Å²) in [4.78, 5) is 12.8. The maximum Gasteiger partial charge on any atom is 0.0741 e. The number of amides is 1. The molecule has 0 bridgehead atoms. The normalized spacial score (nSPS) is 17.4. The van der Waals surface area contributed by atoms with Gasteiger partial charge in [-0.15, -0.1) is 0 Å². The number of carbonyl (C=O) groups is 1. The van der Waals surface area contributed by atoms with E-state index in [9.17, 15) is 4.79 Å². The van der Waals surface area contributed by atoms with Crippen LogP contribution in [0.5, 0.6) is 0 Å². The monoisotopic (exact) mass is 279 g/mol. The molecule has 1 aromatic rings. The molecule has 1 aliphatic rings. The van der Waals surface area contributed by atoms with Gasteiger partial charge in [0.25, 0.3) is 0 Å². The molecule has 1 radical (unpaired) electrons. The fourth-order valence-electron chi connectivity index (χ4n) is 1.81. The van der Waals surface area contributed by atoms with Gasteiger partial charge in [-0.3, -0.25) is 0 Å². The van der Waals surface area contributed by atoms with Gasteiger partial charge in [-0.05, 0) is 11.6 Å². The summed E-state index contributed by atoms with van der Waals surface area (Å²) >= 11 is 0. The number of anilines is 1. The molecule has 0 saturated heterocycles. The Morgan fingerprint density at radius 3 is 2.60 bits per heavy atom. The molecule has 4 heteroatoms. The second kappa shape index (κ2) is 5.62. The van der Waals surface area contributed by atoms with Gasteiger partial charge in [0, 0.05) is 51.9 Å². The van der Waals surface area contributed by atoms with E-state index in [0.717, 1.165) is 11.3 Å². The molecule has 0 saturated carbocycles. The second-order valence-electron chi connectivity index (χ2n) is 3.32. The quantitative estimate of drug-likeness (QED) is 0.739. The first kappa shape index (κ1) is 14.6. The fraction of sp³-hybridized carbons (Fsp3) is 0.273. The number of benzene rings is 1. The summed E-state index contributed by atoms with van der Waals surface area (Å²) < 4.78 is 0. The van der Waals surface area contributed by atoms with Crippen molar-refractivity contribution in [2.45, 2.75) is 12.5 Å². The summed E-state index contributed by atoms with van der Waals surface area (Å²) in [6, 6.07) is 7.63. The van der Waals surface area contributed by atoms with E-state index in [1.807, 2.05) is 36.2 Å². The summed E-state index contributed by atoms with van der Waals surface area (Å²) in [6.07, 6.45) is 0.676. The zero-order valence-corrected chi connectivity index (χ0v) is 11.9. The van der Waals surface area contributed by atoms with Crippen LogP contribution in [0.15, 0.2) is 24.3 Å². The van der Waals surface area contributed by atoms with E-state index in [2.05, 4.69) is 0 Å². The molecular weight excluding hydrogens is 265 g/mol. The molecule has 0 fully saturated rings. The van der Waals surface area contributed by atoms with Crippen molar-refractivity contribution in [2.24, 2.45) is 0 Å². The standard InChI is InChI=1S/C10H12N2O.CH3.Y/c1-12-8-5-3-2-4-7(8)6-9(12)10(11)13;;/h2-5,9H,6H2,1H3,(H2,11,13);1H3;/q;-1;/p-1. The Balaban J connectivity index is 0.000000980. The first-order valence-electron chi connectivity index (χ1n) is 4.26. The molecule has 79 valence electrons. The average molecular weight is 279 g/mol. The minimum atomic E-state index is -0.501. The predicted molar refractivity (Wildman–Crippen MR) is 58.1 cm³/mol. The molecule has 1 amide bonds. The molecule has 1 N–H and O–H groups in total. The predicted octanol–water partition coefficient (Wildman–Crippen LogP) is 2.07. The van der Waals surface area contributed by atoms with Crippen molar-refractivity contribution in [1.82, 2.24) is 0 Å². The van der Waals surface area contributed by atoms with Crippen LogP contribution in [-0.2, 0) is 43.9 Å². The van der Waals surface area contributed by atoms with Gasteiger partial charge >= 0.3 is 0 Å². The van der Waals surface area contributed by atoms with Crippen LogP contribution < -0.4 is 4.90 Å². The Bertz CT molecular complexity index is 354. The van der Waals surface area contributed by atoms with Gasteiger partial charge in [0.05, 0.1) is 11.9 Å². The number of nitrogens with zero attached hydrogens (tertiary/aromatic N) is 1. The zero-order chi connectivity index (χ0) is 9.42. The molecule has 2 rings (SSSR count). The van der Waals surface area contributed by atoms with Crippen LogP contribution in [0.4, 0.5) is 5.69 Å². The van der Waals surface area contributed by atoms with Crippen LogP contribution in [0.1, 0.15) is 5.56 Å². The maximum absolute atomic E-state index is 10.9. The van der Waals surface area contributed by atoms with Crippen LogP contribution in [0, 0.1) is 7.43 Å². The van der Waals surface area contributed by atoms with Crippen molar-refractivity contribution in [3.8, 4) is 0 Å². The van der Waals surface area contributed by atoms with Gasteiger partial charge in [-0.25, -0.2) is 0 Å². The number of fused-ring (bicyclic) bond motifs is 1. The zero-order valence-electron chi connectivity index (χ0n) is 9.03. The van der Waals surface area contributed by atoms with E-state index in [4.69, 9.17) is 5.73 Å². The molecule has 0 aliphatic carbocycles. The van der Waals surface area contributed by atoms with Crippen LogP contribution in [0.2, 0.25) is 0 Å². The Kier molecular flexibility index (Phi) is 5.46. The summed E-state index contributed by atoms with van der Waals surface area (Å²) in [5.41, 5.74) is 9.34. The van der Waals surface area contributed by atoms with E-state index in [1.165, 1.54) is 0 Å². The molecule has 1 unspecified atom stereocenters. The van der Waals surface area contributed by atoms with Crippen molar-refractivity contribution < 1.29 is 37.5 Å². The second-order valence-corrected chi connectivity index (χ2v) is 3.32. The smallest absolute Gasteiger partial charge is 0.0741 e. The van der Waals surface area contributed by atoms with Crippen LogP contribution in [-0.4, -0.2) is 19.0 Å². The molecule has 1 aromatic carbocycles. The molecule has 3 nitrogen and oxygen atoms in total. The van der Waals surface area contributed by atoms with Crippen molar-refractivity contribution in [2.75, 3.05) is 11.9 Å². The van der Waals surface area contributed by atoms with Crippen LogP contribution in [0.3, 0.4) is 0 Å². The van der Waals surface area contributed by atoms with Crippen LogP contribution in [0.25, 0.3) is 5.73 Å². The molecule has 0 spiro atoms. The Morgan fingerprint density at radius 2 is 2.07 bits per heavy atom. The van der Waals surface area contributed by atoms with E-state index in [1.54, 1.807) is 0 Å². The third-order valence-corrected chi connectivity index (χ3v) is 2.56. The number of likely N-dealkylation sites (N-methyl/N-ethyl adjacent to an activating group) is 1. The Hall–Kier alpha value is -0.406. The Morgan fingerprint density at radius 1 is 1.47 bits per heavy atom. The van der Waals surface area contributed by atoms with E-state index < -0.39 is 5.91 Å². The number of rotatable bonds is 1. The minimum absolute atomic E-state index is 0. The molecule has 0 aromatic heterocycles. The van der Waals surface area contributed by atoms with E-state index >= 15 is 0 Å². The van der Waals surface area contributed by atoms with Crippen molar-refractivity contribution in [1.29, 1.82) is 0 Å². The molecular formula is C11H14N2OY-2. The SMILES string of the molecule is CN1c2ccccc2CC1C([NH-])=O.[CH3-].[Y]. The van der Waals surface area contributed by atoms with Gasteiger partial charge in [0.2, 0.25) is 0 Å². The fourth-order valence-corrected chi connectivity index (χ4v) is 1.81. The number of para-hydroxylation sites is 1. The van der Waals surface area contributed by atoms with Gasteiger partial charge in [-0.2, -0.15) is 0 Å². The van der Waals surface area contributed by atoms with E-state index in [-0.39, 0.29) is 46.2 Å².